The summed E-state index contributed by atoms with van der Waals surface area (Å²) >= 11 is 2.02. The van der Waals surface area contributed by atoms with Crippen molar-refractivity contribution in [3.05, 3.63) is 27.3 Å². The number of benzene rings is 1. The van der Waals surface area contributed by atoms with Gasteiger partial charge < -0.3 is 20.5 Å². The maximum Gasteiger partial charge on any atom is 0.251 e. The quantitative estimate of drug-likeness (QED) is 0.501. The summed E-state index contributed by atoms with van der Waals surface area (Å²) in [6, 6.07) is 4.93. The predicted molar refractivity (Wildman–Crippen MR) is 89.6 cm³/mol. The average Bonchev–Trinajstić information content (AvgIpc) is 2.50. The van der Waals surface area contributed by atoms with E-state index in [2.05, 4.69) is 10.6 Å². The second-order valence-corrected chi connectivity index (χ2v) is 6.26. The van der Waals surface area contributed by atoms with Crippen LogP contribution in [-0.2, 0) is 4.74 Å². The Bertz CT molecular complexity index is 476. The Labute approximate surface area is 138 Å². The van der Waals surface area contributed by atoms with Crippen LogP contribution >= 0.6 is 22.6 Å². The third-order valence-electron chi connectivity index (χ3n) is 3.45. The molecule has 0 unspecified atom stereocenters. The lowest BCUT2D eigenvalue weighted by Crippen LogP contribution is -2.33. The summed E-state index contributed by atoms with van der Waals surface area (Å²) in [5, 5.41) is 15.7. The lowest BCUT2D eigenvalue weighted by Gasteiger charge is -2.22. The van der Waals surface area contributed by atoms with Gasteiger partial charge in [-0.05, 0) is 73.1 Å². The normalized spacial score (nSPS) is 15.9. The third-order valence-corrected chi connectivity index (χ3v) is 4.37. The molecule has 0 radical (unpaired) electrons. The Morgan fingerprint density at radius 3 is 2.90 bits per heavy atom. The first kappa shape index (κ1) is 16.5. The number of phenols is 1. The highest BCUT2D eigenvalue weighted by molar-refractivity contribution is 14.1. The van der Waals surface area contributed by atoms with Crippen LogP contribution in [0.15, 0.2) is 18.2 Å². The number of hydrogen-bond acceptors (Lipinski definition) is 4. The van der Waals surface area contributed by atoms with Gasteiger partial charge >= 0.3 is 0 Å². The molecule has 6 heteroatoms. The highest BCUT2D eigenvalue weighted by Crippen LogP contribution is 2.20. The van der Waals surface area contributed by atoms with Crippen LogP contribution in [0, 0.1) is 3.57 Å². The minimum Gasteiger partial charge on any atom is -0.507 e. The van der Waals surface area contributed by atoms with Crippen LogP contribution in [0.25, 0.3) is 0 Å². The number of aromatic hydroxyl groups is 1. The van der Waals surface area contributed by atoms with Gasteiger partial charge in [0.1, 0.15) is 5.75 Å². The van der Waals surface area contributed by atoms with Crippen molar-refractivity contribution < 1.29 is 14.6 Å². The van der Waals surface area contributed by atoms with Crippen molar-refractivity contribution in [3.63, 3.8) is 0 Å². The maximum atomic E-state index is 11.9. The number of carbonyl (C=O) groups is 1. The summed E-state index contributed by atoms with van der Waals surface area (Å²) in [5.74, 6) is -0.0268. The summed E-state index contributed by atoms with van der Waals surface area (Å²) < 4.78 is 6.51. The monoisotopic (exact) mass is 404 g/mol. The van der Waals surface area contributed by atoms with Crippen molar-refractivity contribution in [1.29, 1.82) is 0 Å². The molecule has 0 spiro atoms. The Balaban J connectivity index is 1.63. The van der Waals surface area contributed by atoms with E-state index >= 15 is 0 Å². The molecule has 1 amide bonds. The lowest BCUT2D eigenvalue weighted by molar-refractivity contribution is 0.0318. The van der Waals surface area contributed by atoms with Crippen molar-refractivity contribution in [2.24, 2.45) is 0 Å². The van der Waals surface area contributed by atoms with Crippen molar-refractivity contribution in [3.8, 4) is 5.75 Å². The SMILES string of the molecule is O=C(NCCCOC1CCNCC1)c1ccc(I)c(O)c1. The van der Waals surface area contributed by atoms with Crippen molar-refractivity contribution in [1.82, 2.24) is 10.6 Å². The summed E-state index contributed by atoms with van der Waals surface area (Å²) in [6.07, 6.45) is 3.28. The second-order valence-electron chi connectivity index (χ2n) is 5.10. The molecule has 1 aliphatic heterocycles. The van der Waals surface area contributed by atoms with Gasteiger partial charge in [-0.2, -0.15) is 0 Å². The van der Waals surface area contributed by atoms with E-state index in [9.17, 15) is 9.90 Å². The second kappa shape index (κ2) is 8.55. The Kier molecular flexibility index (Phi) is 6.72. The molecule has 5 nitrogen and oxygen atoms in total. The molecule has 3 N–H and O–H groups in total. The zero-order valence-corrected chi connectivity index (χ0v) is 14.1. The van der Waals surface area contributed by atoms with E-state index in [1.54, 1.807) is 12.1 Å². The molecule has 0 aromatic heterocycles. The van der Waals surface area contributed by atoms with Crippen LogP contribution in [0.5, 0.6) is 5.75 Å². The molecule has 1 aromatic carbocycles. The van der Waals surface area contributed by atoms with E-state index in [1.807, 2.05) is 22.6 Å². The Hall–Kier alpha value is -0.860. The van der Waals surface area contributed by atoms with Gasteiger partial charge in [0.05, 0.1) is 9.67 Å². The molecular formula is C15H21IN2O3. The number of ether oxygens (including phenoxy) is 1. The van der Waals surface area contributed by atoms with Crippen molar-refractivity contribution >= 4 is 28.5 Å². The number of nitrogens with one attached hydrogen (secondary N) is 2. The fourth-order valence-electron chi connectivity index (χ4n) is 2.24. The molecule has 116 valence electrons. The van der Waals surface area contributed by atoms with Gasteiger partial charge in [0.25, 0.3) is 5.91 Å². The van der Waals surface area contributed by atoms with E-state index in [0.29, 0.717) is 24.8 Å². The van der Waals surface area contributed by atoms with Crippen LogP contribution in [0.4, 0.5) is 0 Å². The highest BCUT2D eigenvalue weighted by atomic mass is 127. The number of halogens is 1. The fourth-order valence-corrected chi connectivity index (χ4v) is 2.58. The molecule has 0 aliphatic carbocycles. The van der Waals surface area contributed by atoms with Gasteiger partial charge in [-0.3, -0.25) is 4.79 Å². The minimum atomic E-state index is -0.163. The van der Waals surface area contributed by atoms with Crippen LogP contribution in [-0.4, -0.2) is 43.4 Å². The third kappa shape index (κ3) is 5.44. The summed E-state index contributed by atoms with van der Waals surface area (Å²) in [6.45, 7) is 3.30. The molecular weight excluding hydrogens is 383 g/mol. The zero-order chi connectivity index (χ0) is 15.1. The van der Waals surface area contributed by atoms with Gasteiger partial charge in [0.2, 0.25) is 0 Å². The van der Waals surface area contributed by atoms with Crippen LogP contribution in [0.1, 0.15) is 29.6 Å². The number of rotatable bonds is 6. The van der Waals surface area contributed by atoms with E-state index < -0.39 is 0 Å². The smallest absolute Gasteiger partial charge is 0.251 e. The zero-order valence-electron chi connectivity index (χ0n) is 11.9. The van der Waals surface area contributed by atoms with Gasteiger partial charge in [-0.1, -0.05) is 0 Å². The van der Waals surface area contributed by atoms with E-state index in [0.717, 1.165) is 35.9 Å². The molecule has 1 fully saturated rings. The number of amides is 1. The van der Waals surface area contributed by atoms with Gasteiger partial charge in [-0.15, -0.1) is 0 Å². The summed E-state index contributed by atoms with van der Waals surface area (Å²) in [7, 11) is 0. The number of hydrogen-bond donors (Lipinski definition) is 3. The van der Waals surface area contributed by atoms with Crippen molar-refractivity contribution in [2.45, 2.75) is 25.4 Å². The molecule has 2 rings (SSSR count). The Morgan fingerprint density at radius 2 is 2.19 bits per heavy atom. The fraction of sp³-hybridized carbons (Fsp3) is 0.533. The molecule has 0 bridgehead atoms. The first-order valence-electron chi connectivity index (χ1n) is 7.26. The lowest BCUT2D eigenvalue weighted by atomic mass is 10.1. The van der Waals surface area contributed by atoms with Gasteiger partial charge in [0, 0.05) is 18.7 Å². The maximum absolute atomic E-state index is 11.9. The molecule has 21 heavy (non-hydrogen) atoms. The van der Waals surface area contributed by atoms with Gasteiger partial charge in [-0.25, -0.2) is 0 Å². The largest absolute Gasteiger partial charge is 0.507 e. The van der Waals surface area contributed by atoms with E-state index in [1.165, 1.54) is 6.07 Å². The summed E-state index contributed by atoms with van der Waals surface area (Å²) in [4.78, 5) is 11.9. The number of phenolic OH excluding ortho intramolecular Hbond substituents is 1. The number of carbonyl (C=O) groups excluding carboxylic acids is 1. The number of piperidine rings is 1. The Morgan fingerprint density at radius 1 is 1.43 bits per heavy atom. The van der Waals surface area contributed by atoms with Crippen molar-refractivity contribution in [2.75, 3.05) is 26.2 Å². The van der Waals surface area contributed by atoms with Crippen LogP contribution in [0.2, 0.25) is 0 Å². The minimum absolute atomic E-state index is 0.137. The first-order chi connectivity index (χ1) is 10.2. The predicted octanol–water partition coefficient (Wildman–Crippen LogP) is 1.89. The van der Waals surface area contributed by atoms with E-state index in [4.69, 9.17) is 4.74 Å². The standard InChI is InChI=1S/C15H21IN2O3/c16-13-3-2-11(10-14(13)19)15(20)18-6-1-9-21-12-4-7-17-8-5-12/h2-3,10,12,17,19H,1,4-9H2,(H,18,20). The topological polar surface area (TPSA) is 70.6 Å². The molecule has 0 saturated carbocycles. The molecule has 1 aromatic rings. The molecule has 1 saturated heterocycles. The molecule has 0 atom stereocenters. The van der Waals surface area contributed by atoms with Crippen LogP contribution in [0.3, 0.4) is 0 Å². The first-order valence-corrected chi connectivity index (χ1v) is 8.34. The highest BCUT2D eigenvalue weighted by Gasteiger charge is 2.12. The van der Waals surface area contributed by atoms with E-state index in [-0.39, 0.29) is 11.7 Å². The van der Waals surface area contributed by atoms with Crippen LogP contribution < -0.4 is 10.6 Å². The summed E-state index contributed by atoms with van der Waals surface area (Å²) in [5.41, 5.74) is 0.479. The molecule has 1 aliphatic rings. The average molecular weight is 404 g/mol. The molecule has 1 heterocycles. The van der Waals surface area contributed by atoms with Gasteiger partial charge in [0.15, 0.2) is 0 Å².